The summed E-state index contributed by atoms with van der Waals surface area (Å²) >= 11 is 0. The molecule has 2 saturated heterocycles. The van der Waals surface area contributed by atoms with E-state index in [1.807, 2.05) is 6.92 Å². The van der Waals surface area contributed by atoms with Gasteiger partial charge in [-0.25, -0.2) is 0 Å². The first-order valence-corrected chi connectivity index (χ1v) is 10.7. The summed E-state index contributed by atoms with van der Waals surface area (Å²) in [5.74, 6) is -0.599. The van der Waals surface area contributed by atoms with Crippen LogP contribution in [0.5, 0.6) is 0 Å². The first kappa shape index (κ1) is 25.4. The van der Waals surface area contributed by atoms with E-state index in [1.54, 1.807) is 17.8 Å². The highest BCUT2D eigenvalue weighted by atomic mass is 16.7. The van der Waals surface area contributed by atoms with Crippen molar-refractivity contribution in [3.8, 4) is 0 Å². The molecular weight excluding hydrogens is 430 g/mol. The predicted molar refractivity (Wildman–Crippen MR) is 105 cm³/mol. The van der Waals surface area contributed by atoms with Gasteiger partial charge < -0.3 is 49.6 Å². The molecule has 13 heteroatoms. The summed E-state index contributed by atoms with van der Waals surface area (Å²) in [5.41, 5.74) is 0.587. The second kappa shape index (κ2) is 11.2. The highest BCUT2D eigenvalue weighted by Crippen LogP contribution is 2.32. The molecule has 2 aliphatic heterocycles. The van der Waals surface area contributed by atoms with Gasteiger partial charge in [-0.15, -0.1) is 5.10 Å². The Morgan fingerprint density at radius 2 is 1.66 bits per heavy atom. The standard InChI is InChI=1S/C19H33N3O10/c1-3-4-22-5-10(20-21-22)8-29-18-9(2)13(25)17(12(7-24)31-18)32-19-16(28)15(27)14(26)11(6-23)30-19/h5,9,11-19,23-28H,3-4,6-8H2,1-2H3/t9?,11-,12?,13+,14-,15?,16?,17+,18+,19-/m0/s1. The first-order chi connectivity index (χ1) is 15.3. The Balaban J connectivity index is 1.63. The van der Waals surface area contributed by atoms with Crippen LogP contribution in [-0.4, -0.2) is 114 Å². The maximum Gasteiger partial charge on any atom is 0.187 e. The number of aliphatic hydroxyl groups is 6. The van der Waals surface area contributed by atoms with Crippen LogP contribution in [0, 0.1) is 5.92 Å². The van der Waals surface area contributed by atoms with Crippen molar-refractivity contribution in [3.05, 3.63) is 11.9 Å². The van der Waals surface area contributed by atoms with Crippen molar-refractivity contribution in [2.24, 2.45) is 5.92 Å². The summed E-state index contributed by atoms with van der Waals surface area (Å²) in [5, 5.41) is 68.0. The highest BCUT2D eigenvalue weighted by molar-refractivity contribution is 4.94. The van der Waals surface area contributed by atoms with Gasteiger partial charge >= 0.3 is 0 Å². The van der Waals surface area contributed by atoms with E-state index in [0.717, 1.165) is 13.0 Å². The first-order valence-electron chi connectivity index (χ1n) is 10.7. The van der Waals surface area contributed by atoms with E-state index in [1.165, 1.54) is 0 Å². The lowest BCUT2D eigenvalue weighted by molar-refractivity contribution is -0.354. The molecule has 0 saturated carbocycles. The second-order valence-electron chi connectivity index (χ2n) is 8.16. The lowest BCUT2D eigenvalue weighted by Crippen LogP contribution is -2.63. The van der Waals surface area contributed by atoms with Gasteiger partial charge in [0, 0.05) is 12.5 Å². The van der Waals surface area contributed by atoms with Gasteiger partial charge in [-0.3, -0.25) is 4.68 Å². The molecule has 10 atom stereocenters. The van der Waals surface area contributed by atoms with Crippen LogP contribution in [0.25, 0.3) is 0 Å². The van der Waals surface area contributed by atoms with Crippen molar-refractivity contribution >= 4 is 0 Å². The molecule has 0 radical (unpaired) electrons. The van der Waals surface area contributed by atoms with Crippen LogP contribution >= 0.6 is 0 Å². The van der Waals surface area contributed by atoms with Crippen molar-refractivity contribution in [3.63, 3.8) is 0 Å². The lowest BCUT2D eigenvalue weighted by Gasteiger charge is -2.46. The SMILES string of the molecule is CCCn1cc(CO[C@@H]2OC(CO)[C@@H](O[C@@H]3O[C@@H](CO)[C@H](O)C(O)C3O)[C@H](O)C2C)nn1. The number of aromatic nitrogens is 3. The Labute approximate surface area is 185 Å². The monoisotopic (exact) mass is 463 g/mol. The van der Waals surface area contributed by atoms with E-state index in [-0.39, 0.29) is 6.61 Å². The van der Waals surface area contributed by atoms with Crippen LogP contribution in [0.1, 0.15) is 26.0 Å². The molecule has 184 valence electrons. The molecule has 3 heterocycles. The molecule has 0 aromatic carbocycles. The molecule has 1 aromatic heterocycles. The molecule has 32 heavy (non-hydrogen) atoms. The molecule has 0 spiro atoms. The summed E-state index contributed by atoms with van der Waals surface area (Å²) in [7, 11) is 0. The summed E-state index contributed by atoms with van der Waals surface area (Å²) < 4.78 is 24.2. The summed E-state index contributed by atoms with van der Waals surface area (Å²) in [6, 6.07) is 0. The van der Waals surface area contributed by atoms with Gasteiger partial charge in [0.15, 0.2) is 12.6 Å². The van der Waals surface area contributed by atoms with Crippen LogP contribution in [0.2, 0.25) is 0 Å². The Hall–Kier alpha value is -1.26. The zero-order valence-electron chi connectivity index (χ0n) is 18.0. The van der Waals surface area contributed by atoms with Gasteiger partial charge in [0.25, 0.3) is 0 Å². The fourth-order valence-corrected chi connectivity index (χ4v) is 3.81. The van der Waals surface area contributed by atoms with E-state index in [2.05, 4.69) is 10.3 Å². The Bertz CT molecular complexity index is 705. The van der Waals surface area contributed by atoms with Crippen LogP contribution in [0.15, 0.2) is 6.20 Å². The second-order valence-corrected chi connectivity index (χ2v) is 8.16. The molecule has 4 unspecified atom stereocenters. The Kier molecular flexibility index (Phi) is 8.91. The van der Waals surface area contributed by atoms with E-state index in [9.17, 15) is 30.6 Å². The summed E-state index contributed by atoms with van der Waals surface area (Å²) in [4.78, 5) is 0. The van der Waals surface area contributed by atoms with Crippen molar-refractivity contribution < 1.29 is 49.6 Å². The highest BCUT2D eigenvalue weighted by Gasteiger charge is 2.49. The molecule has 0 bridgehead atoms. The summed E-state index contributed by atoms with van der Waals surface area (Å²) in [6.45, 7) is 3.36. The number of aliphatic hydroxyl groups excluding tert-OH is 6. The zero-order valence-corrected chi connectivity index (χ0v) is 18.0. The molecule has 0 amide bonds. The third kappa shape index (κ3) is 5.44. The normalized spacial score (nSPS) is 40.5. The van der Waals surface area contributed by atoms with Crippen LogP contribution in [-0.2, 0) is 32.1 Å². The number of nitrogens with zero attached hydrogens (tertiary/aromatic N) is 3. The van der Waals surface area contributed by atoms with E-state index in [0.29, 0.717) is 5.69 Å². The topological polar surface area (TPSA) is 189 Å². The van der Waals surface area contributed by atoms with E-state index < -0.39 is 74.4 Å². The van der Waals surface area contributed by atoms with Crippen molar-refractivity contribution in [1.29, 1.82) is 0 Å². The summed E-state index contributed by atoms with van der Waals surface area (Å²) in [6.07, 6.45) is -9.03. The van der Waals surface area contributed by atoms with E-state index >= 15 is 0 Å². The molecule has 1 aromatic rings. The maximum absolute atomic E-state index is 10.8. The van der Waals surface area contributed by atoms with Gasteiger partial charge in [0.1, 0.15) is 42.3 Å². The average Bonchev–Trinajstić information content (AvgIpc) is 3.24. The number of hydrogen-bond acceptors (Lipinski definition) is 12. The van der Waals surface area contributed by atoms with Gasteiger partial charge in [0.2, 0.25) is 0 Å². The van der Waals surface area contributed by atoms with Gasteiger partial charge in [0.05, 0.1) is 32.1 Å². The lowest BCUT2D eigenvalue weighted by atomic mass is 9.92. The Morgan fingerprint density at radius 3 is 2.31 bits per heavy atom. The molecule has 2 fully saturated rings. The average molecular weight is 463 g/mol. The van der Waals surface area contributed by atoms with Gasteiger partial charge in [-0.2, -0.15) is 0 Å². The Morgan fingerprint density at radius 1 is 0.969 bits per heavy atom. The van der Waals surface area contributed by atoms with Crippen LogP contribution < -0.4 is 0 Å². The fourth-order valence-electron chi connectivity index (χ4n) is 3.81. The fraction of sp³-hybridized carbons (Fsp3) is 0.895. The zero-order chi connectivity index (χ0) is 23.4. The van der Waals surface area contributed by atoms with Crippen LogP contribution in [0.4, 0.5) is 0 Å². The number of ether oxygens (including phenoxy) is 4. The molecular formula is C19H33N3O10. The molecule has 13 nitrogen and oxygen atoms in total. The third-order valence-corrected chi connectivity index (χ3v) is 5.73. The largest absolute Gasteiger partial charge is 0.394 e. The minimum absolute atomic E-state index is 0.0851. The third-order valence-electron chi connectivity index (χ3n) is 5.73. The molecule has 0 aliphatic carbocycles. The van der Waals surface area contributed by atoms with Crippen molar-refractivity contribution in [1.82, 2.24) is 15.0 Å². The molecule has 6 N–H and O–H groups in total. The predicted octanol–water partition coefficient (Wildman–Crippen LogP) is -2.90. The minimum atomic E-state index is -1.64. The number of rotatable bonds is 9. The van der Waals surface area contributed by atoms with Crippen molar-refractivity contribution in [2.75, 3.05) is 13.2 Å². The van der Waals surface area contributed by atoms with Gasteiger partial charge in [-0.1, -0.05) is 19.1 Å². The van der Waals surface area contributed by atoms with Gasteiger partial charge in [-0.05, 0) is 6.42 Å². The smallest absolute Gasteiger partial charge is 0.187 e. The maximum atomic E-state index is 10.8. The van der Waals surface area contributed by atoms with Crippen molar-refractivity contribution in [2.45, 2.75) is 88.7 Å². The number of hydrogen-bond donors (Lipinski definition) is 6. The minimum Gasteiger partial charge on any atom is -0.394 e. The van der Waals surface area contributed by atoms with Crippen LogP contribution in [0.3, 0.4) is 0 Å². The molecule has 2 aliphatic rings. The van der Waals surface area contributed by atoms with E-state index in [4.69, 9.17) is 18.9 Å². The molecule has 3 rings (SSSR count). The number of aryl methyl sites for hydroxylation is 1. The quantitative estimate of drug-likeness (QED) is 0.219.